The van der Waals surface area contributed by atoms with Crippen LogP contribution in [0.3, 0.4) is 0 Å². The molecular weight excluding hydrogens is 305 g/mol. The molecular formula is C13H21F7O. The molecule has 8 heteroatoms. The van der Waals surface area contributed by atoms with Gasteiger partial charge in [-0.15, -0.1) is 0 Å². The first-order valence-electron chi connectivity index (χ1n) is 6.96. The van der Waals surface area contributed by atoms with E-state index in [0.29, 0.717) is 6.42 Å². The highest BCUT2D eigenvalue weighted by Gasteiger charge is 2.71. The number of rotatable bonds is 10. The second-order valence-electron chi connectivity index (χ2n) is 4.93. The molecule has 1 nitrogen and oxygen atoms in total. The molecule has 0 rings (SSSR count). The molecule has 0 unspecified atom stereocenters. The van der Waals surface area contributed by atoms with E-state index < -0.39 is 30.9 Å². The van der Waals surface area contributed by atoms with Gasteiger partial charge in [-0.1, -0.05) is 32.6 Å². The van der Waals surface area contributed by atoms with Crippen molar-refractivity contribution in [3.63, 3.8) is 0 Å². The van der Waals surface area contributed by atoms with Gasteiger partial charge in [-0.3, -0.25) is 0 Å². The van der Waals surface area contributed by atoms with Gasteiger partial charge in [-0.2, -0.15) is 26.3 Å². The highest BCUT2D eigenvalue weighted by Crippen LogP contribution is 2.48. The second-order valence-corrected chi connectivity index (χ2v) is 4.93. The maximum absolute atomic E-state index is 13.2. The minimum absolute atomic E-state index is 0.265. The van der Waals surface area contributed by atoms with E-state index >= 15 is 0 Å². The van der Waals surface area contributed by atoms with E-state index in [1.807, 2.05) is 6.92 Å². The van der Waals surface area contributed by atoms with E-state index in [-0.39, 0.29) is 13.2 Å². The molecule has 0 amide bonds. The Morgan fingerprint density at radius 1 is 0.667 bits per heavy atom. The SMILES string of the molecule is CCCCCCCOCCCC(F)(C(F)(F)F)C(F)(F)F. The van der Waals surface area contributed by atoms with E-state index in [2.05, 4.69) is 0 Å². The monoisotopic (exact) mass is 326 g/mol. The predicted molar refractivity (Wildman–Crippen MR) is 64.8 cm³/mol. The predicted octanol–water partition coefficient (Wildman–Crippen LogP) is 5.59. The summed E-state index contributed by atoms with van der Waals surface area (Å²) in [5.74, 6) is 0. The van der Waals surface area contributed by atoms with Crippen LogP contribution in [0.25, 0.3) is 0 Å². The Morgan fingerprint density at radius 2 is 1.14 bits per heavy atom. The van der Waals surface area contributed by atoms with Crippen molar-refractivity contribution in [2.24, 2.45) is 0 Å². The standard InChI is InChI=1S/C13H21F7O/c1-2-3-4-5-6-9-21-10-7-8-11(14,12(15,16)17)13(18,19)20/h2-10H2,1H3. The Morgan fingerprint density at radius 3 is 1.62 bits per heavy atom. The summed E-state index contributed by atoms with van der Waals surface area (Å²) in [6.07, 6.45) is -9.51. The van der Waals surface area contributed by atoms with Crippen LogP contribution in [0.15, 0.2) is 0 Å². The van der Waals surface area contributed by atoms with E-state index in [1.54, 1.807) is 0 Å². The molecule has 0 N–H and O–H groups in total. The highest BCUT2D eigenvalue weighted by molar-refractivity contribution is 4.94. The first kappa shape index (κ1) is 20.5. The van der Waals surface area contributed by atoms with Crippen molar-refractivity contribution in [2.45, 2.75) is 69.9 Å². The quantitative estimate of drug-likeness (QED) is 0.376. The first-order valence-corrected chi connectivity index (χ1v) is 6.96. The van der Waals surface area contributed by atoms with Gasteiger partial charge in [0.25, 0.3) is 5.67 Å². The Balaban J connectivity index is 3.97. The van der Waals surface area contributed by atoms with Gasteiger partial charge in [0.15, 0.2) is 0 Å². The van der Waals surface area contributed by atoms with Crippen LogP contribution in [0.4, 0.5) is 30.7 Å². The van der Waals surface area contributed by atoms with Crippen molar-refractivity contribution in [3.8, 4) is 0 Å². The van der Waals surface area contributed by atoms with Gasteiger partial charge in [0.2, 0.25) is 0 Å². The third-order valence-corrected chi connectivity index (χ3v) is 3.10. The summed E-state index contributed by atoms with van der Waals surface area (Å²) >= 11 is 0. The normalized spacial score (nSPS) is 13.7. The van der Waals surface area contributed by atoms with E-state index in [0.717, 1.165) is 25.7 Å². The second kappa shape index (κ2) is 8.80. The van der Waals surface area contributed by atoms with E-state index in [1.165, 1.54) is 0 Å². The molecule has 0 aromatic heterocycles. The molecule has 0 radical (unpaired) electrons. The maximum Gasteiger partial charge on any atom is 0.431 e. The summed E-state index contributed by atoms with van der Waals surface area (Å²) in [4.78, 5) is 0. The molecule has 0 aliphatic rings. The van der Waals surface area contributed by atoms with Crippen molar-refractivity contribution in [2.75, 3.05) is 13.2 Å². The fourth-order valence-corrected chi connectivity index (χ4v) is 1.77. The Hall–Kier alpha value is -0.530. The average molecular weight is 326 g/mol. The summed E-state index contributed by atoms with van der Waals surface area (Å²) in [6.45, 7) is 1.99. The van der Waals surface area contributed by atoms with Crippen molar-refractivity contribution in [1.82, 2.24) is 0 Å². The van der Waals surface area contributed by atoms with E-state index in [4.69, 9.17) is 4.74 Å². The lowest BCUT2D eigenvalue weighted by Crippen LogP contribution is -2.53. The summed E-state index contributed by atoms with van der Waals surface area (Å²) < 4.78 is 91.4. The van der Waals surface area contributed by atoms with Crippen LogP contribution in [-0.4, -0.2) is 31.2 Å². The number of unbranched alkanes of at least 4 members (excludes halogenated alkanes) is 4. The van der Waals surface area contributed by atoms with Gasteiger partial charge in [-0.25, -0.2) is 4.39 Å². The zero-order chi connectivity index (χ0) is 16.6. The molecule has 0 aromatic carbocycles. The summed E-state index contributed by atoms with van der Waals surface area (Å²) in [5, 5.41) is 0. The van der Waals surface area contributed by atoms with Crippen LogP contribution in [0.1, 0.15) is 51.9 Å². The average Bonchev–Trinajstić information content (AvgIpc) is 2.33. The number of hydrogen-bond acceptors (Lipinski definition) is 1. The first-order chi connectivity index (χ1) is 9.56. The minimum atomic E-state index is -5.97. The third kappa shape index (κ3) is 6.84. The van der Waals surface area contributed by atoms with Crippen LogP contribution in [0.2, 0.25) is 0 Å². The topological polar surface area (TPSA) is 9.23 Å². The molecule has 0 aromatic rings. The lowest BCUT2D eigenvalue weighted by atomic mass is 9.98. The van der Waals surface area contributed by atoms with Gasteiger partial charge in [-0.05, 0) is 12.8 Å². The summed E-state index contributed by atoms with van der Waals surface area (Å²) in [7, 11) is 0. The molecule has 0 aliphatic carbocycles. The zero-order valence-electron chi connectivity index (χ0n) is 11.9. The Bertz CT molecular complexity index is 259. The van der Waals surface area contributed by atoms with Gasteiger partial charge in [0, 0.05) is 19.6 Å². The molecule has 0 saturated heterocycles. The van der Waals surface area contributed by atoms with Crippen molar-refractivity contribution >= 4 is 0 Å². The number of hydrogen-bond donors (Lipinski definition) is 0. The van der Waals surface area contributed by atoms with Crippen LogP contribution < -0.4 is 0 Å². The summed E-state index contributed by atoms with van der Waals surface area (Å²) in [6, 6.07) is 0. The van der Waals surface area contributed by atoms with Gasteiger partial charge in [0.05, 0.1) is 0 Å². The van der Waals surface area contributed by atoms with Gasteiger partial charge >= 0.3 is 12.4 Å². The zero-order valence-corrected chi connectivity index (χ0v) is 11.9. The van der Waals surface area contributed by atoms with Crippen LogP contribution in [0, 0.1) is 0 Å². The number of alkyl halides is 7. The molecule has 128 valence electrons. The van der Waals surface area contributed by atoms with Gasteiger partial charge in [0.1, 0.15) is 0 Å². The summed E-state index contributed by atoms with van der Waals surface area (Å²) in [5.41, 5.74) is -5.16. The molecule has 0 fully saturated rings. The fraction of sp³-hybridized carbons (Fsp3) is 1.00. The van der Waals surface area contributed by atoms with Crippen molar-refractivity contribution in [1.29, 1.82) is 0 Å². The van der Waals surface area contributed by atoms with Crippen LogP contribution in [-0.2, 0) is 4.74 Å². The number of ether oxygens (including phenoxy) is 1. The Labute approximate surface area is 119 Å². The molecule has 0 aliphatic heterocycles. The third-order valence-electron chi connectivity index (χ3n) is 3.10. The molecule has 0 saturated carbocycles. The molecule has 0 bridgehead atoms. The van der Waals surface area contributed by atoms with Crippen molar-refractivity contribution < 1.29 is 35.5 Å². The smallest absolute Gasteiger partial charge is 0.381 e. The lowest BCUT2D eigenvalue weighted by Gasteiger charge is -2.29. The molecule has 0 heterocycles. The maximum atomic E-state index is 13.2. The minimum Gasteiger partial charge on any atom is -0.381 e. The Kier molecular flexibility index (Phi) is 8.58. The van der Waals surface area contributed by atoms with Crippen LogP contribution in [0.5, 0.6) is 0 Å². The molecule has 0 spiro atoms. The number of halogens is 7. The van der Waals surface area contributed by atoms with Crippen molar-refractivity contribution in [3.05, 3.63) is 0 Å². The highest BCUT2D eigenvalue weighted by atomic mass is 19.4. The fourth-order valence-electron chi connectivity index (χ4n) is 1.77. The van der Waals surface area contributed by atoms with Crippen LogP contribution >= 0.6 is 0 Å². The largest absolute Gasteiger partial charge is 0.431 e. The lowest BCUT2D eigenvalue weighted by molar-refractivity contribution is -0.343. The van der Waals surface area contributed by atoms with E-state index in [9.17, 15) is 30.7 Å². The molecule has 21 heavy (non-hydrogen) atoms. The van der Waals surface area contributed by atoms with Gasteiger partial charge < -0.3 is 4.74 Å². The molecule has 0 atom stereocenters.